The van der Waals surface area contributed by atoms with Crippen molar-refractivity contribution >= 4 is 0 Å². The van der Waals surface area contributed by atoms with Crippen molar-refractivity contribution in [2.75, 3.05) is 6.61 Å². The van der Waals surface area contributed by atoms with E-state index >= 15 is 0 Å². The average molecular weight is 284 g/mol. The quantitative estimate of drug-likeness (QED) is 0.466. The van der Waals surface area contributed by atoms with Gasteiger partial charge in [-0.3, -0.25) is 0 Å². The highest BCUT2D eigenvalue weighted by Gasteiger charge is 2.21. The third-order valence-corrected chi connectivity index (χ3v) is 4.52. The van der Waals surface area contributed by atoms with Crippen LogP contribution in [0.2, 0.25) is 0 Å². The van der Waals surface area contributed by atoms with Crippen LogP contribution < -0.4 is 0 Å². The highest BCUT2D eigenvalue weighted by atomic mass is 16.5. The molecule has 0 radical (unpaired) electrons. The van der Waals surface area contributed by atoms with Crippen LogP contribution in [0.25, 0.3) is 0 Å². The summed E-state index contributed by atoms with van der Waals surface area (Å²) in [6, 6.07) is 9.04. The molecule has 1 fully saturated rings. The lowest BCUT2D eigenvalue weighted by Crippen LogP contribution is -2.12. The molecule has 21 heavy (non-hydrogen) atoms. The standard InChI is InChI=1S/C20H28O/c1-3-5-15-21-16-18-9-13-20(14-10-18)19-11-7-17(6-4-2)8-12-19/h3-5,9-10,13-14,17,19H,2,6-8,11-12,15-16H2,1H3. The molecule has 0 saturated heterocycles. The minimum atomic E-state index is 0.700. The maximum absolute atomic E-state index is 5.59. The molecule has 114 valence electrons. The molecule has 0 spiro atoms. The van der Waals surface area contributed by atoms with Crippen molar-refractivity contribution < 1.29 is 4.74 Å². The van der Waals surface area contributed by atoms with Crippen molar-refractivity contribution in [3.05, 3.63) is 60.2 Å². The summed E-state index contributed by atoms with van der Waals surface area (Å²) in [5.41, 5.74) is 2.77. The molecule has 0 unspecified atom stereocenters. The molecule has 0 N–H and O–H groups in total. The molecule has 1 aromatic carbocycles. The fourth-order valence-electron chi connectivity index (χ4n) is 3.19. The van der Waals surface area contributed by atoms with Crippen molar-refractivity contribution in [1.82, 2.24) is 0 Å². The minimum absolute atomic E-state index is 0.700. The van der Waals surface area contributed by atoms with E-state index in [1.807, 2.05) is 19.1 Å². The van der Waals surface area contributed by atoms with Crippen LogP contribution in [-0.2, 0) is 11.3 Å². The zero-order chi connectivity index (χ0) is 14.9. The normalized spacial score (nSPS) is 22.5. The molecule has 1 aliphatic carbocycles. The van der Waals surface area contributed by atoms with Gasteiger partial charge in [-0.05, 0) is 62.0 Å². The number of hydrogen-bond donors (Lipinski definition) is 0. The second kappa shape index (κ2) is 8.84. The third kappa shape index (κ3) is 5.17. The molecule has 0 aromatic heterocycles. The first kappa shape index (κ1) is 16.0. The van der Waals surface area contributed by atoms with Gasteiger partial charge in [0.25, 0.3) is 0 Å². The lowest BCUT2D eigenvalue weighted by atomic mass is 9.77. The van der Waals surface area contributed by atoms with Crippen molar-refractivity contribution in [1.29, 1.82) is 0 Å². The van der Waals surface area contributed by atoms with E-state index in [1.54, 1.807) is 0 Å². The topological polar surface area (TPSA) is 9.23 Å². The molecule has 1 aliphatic rings. The zero-order valence-electron chi connectivity index (χ0n) is 13.3. The summed E-state index contributed by atoms with van der Waals surface area (Å²) in [5, 5.41) is 0. The van der Waals surface area contributed by atoms with E-state index in [-0.39, 0.29) is 0 Å². The lowest BCUT2D eigenvalue weighted by Gasteiger charge is -2.28. The molecular formula is C20H28O. The lowest BCUT2D eigenvalue weighted by molar-refractivity contribution is 0.148. The van der Waals surface area contributed by atoms with E-state index < -0.39 is 0 Å². The first-order chi connectivity index (χ1) is 10.3. The van der Waals surface area contributed by atoms with Gasteiger partial charge in [-0.2, -0.15) is 0 Å². The minimum Gasteiger partial charge on any atom is -0.373 e. The van der Waals surface area contributed by atoms with Crippen molar-refractivity contribution in [2.45, 2.75) is 51.6 Å². The molecule has 0 atom stereocenters. The van der Waals surface area contributed by atoms with E-state index in [9.17, 15) is 0 Å². The van der Waals surface area contributed by atoms with E-state index in [0.29, 0.717) is 13.2 Å². The smallest absolute Gasteiger partial charge is 0.0721 e. The molecule has 0 heterocycles. The predicted molar refractivity (Wildman–Crippen MR) is 90.4 cm³/mol. The van der Waals surface area contributed by atoms with Gasteiger partial charge in [0.15, 0.2) is 0 Å². The maximum Gasteiger partial charge on any atom is 0.0721 e. The molecule has 2 rings (SSSR count). The third-order valence-electron chi connectivity index (χ3n) is 4.52. The predicted octanol–water partition coefficient (Wildman–Crippen LogP) is 5.63. The molecule has 0 aliphatic heterocycles. The largest absolute Gasteiger partial charge is 0.373 e. The van der Waals surface area contributed by atoms with Gasteiger partial charge in [-0.25, -0.2) is 0 Å². The summed E-state index contributed by atoms with van der Waals surface area (Å²) in [6.07, 6.45) is 12.7. The van der Waals surface area contributed by atoms with E-state index in [4.69, 9.17) is 4.74 Å². The fraction of sp³-hybridized carbons (Fsp3) is 0.500. The molecule has 1 saturated carbocycles. The van der Waals surface area contributed by atoms with E-state index in [1.165, 1.54) is 43.2 Å². The Labute approximate surface area is 129 Å². The van der Waals surface area contributed by atoms with Crippen LogP contribution in [0.15, 0.2) is 49.1 Å². The van der Waals surface area contributed by atoms with Crippen molar-refractivity contribution in [3.8, 4) is 0 Å². The van der Waals surface area contributed by atoms with Crippen LogP contribution in [0, 0.1) is 5.92 Å². The Balaban J connectivity index is 1.81. The Morgan fingerprint density at radius 2 is 1.86 bits per heavy atom. The Morgan fingerprint density at radius 1 is 1.14 bits per heavy atom. The van der Waals surface area contributed by atoms with Crippen LogP contribution in [0.1, 0.15) is 56.1 Å². The number of benzene rings is 1. The Morgan fingerprint density at radius 3 is 2.48 bits per heavy atom. The van der Waals surface area contributed by atoms with Gasteiger partial charge in [0, 0.05) is 0 Å². The van der Waals surface area contributed by atoms with Gasteiger partial charge < -0.3 is 4.74 Å². The summed E-state index contributed by atoms with van der Waals surface area (Å²) < 4.78 is 5.59. The van der Waals surface area contributed by atoms with Crippen LogP contribution in [0.3, 0.4) is 0 Å². The number of allylic oxidation sites excluding steroid dienone is 2. The van der Waals surface area contributed by atoms with Crippen molar-refractivity contribution in [3.63, 3.8) is 0 Å². The second-order valence-electron chi connectivity index (χ2n) is 6.07. The van der Waals surface area contributed by atoms with Gasteiger partial charge in [-0.1, -0.05) is 42.5 Å². The fourth-order valence-corrected chi connectivity index (χ4v) is 3.19. The summed E-state index contributed by atoms with van der Waals surface area (Å²) in [5.74, 6) is 1.63. The molecular weight excluding hydrogens is 256 g/mol. The van der Waals surface area contributed by atoms with Gasteiger partial charge in [-0.15, -0.1) is 6.58 Å². The highest BCUT2D eigenvalue weighted by Crippen LogP contribution is 2.37. The molecule has 1 nitrogen and oxygen atoms in total. The van der Waals surface area contributed by atoms with Gasteiger partial charge in [0.05, 0.1) is 13.2 Å². The molecule has 1 heteroatoms. The monoisotopic (exact) mass is 284 g/mol. The van der Waals surface area contributed by atoms with Gasteiger partial charge in [0.2, 0.25) is 0 Å². The average Bonchev–Trinajstić information content (AvgIpc) is 2.53. The van der Waals surface area contributed by atoms with E-state index in [0.717, 1.165) is 11.8 Å². The first-order valence-electron chi connectivity index (χ1n) is 8.22. The van der Waals surface area contributed by atoms with Gasteiger partial charge >= 0.3 is 0 Å². The summed E-state index contributed by atoms with van der Waals surface area (Å²) >= 11 is 0. The summed E-state index contributed by atoms with van der Waals surface area (Å²) in [7, 11) is 0. The van der Waals surface area contributed by atoms with Crippen LogP contribution >= 0.6 is 0 Å². The number of ether oxygens (including phenoxy) is 1. The zero-order valence-corrected chi connectivity index (χ0v) is 13.3. The van der Waals surface area contributed by atoms with Crippen LogP contribution in [-0.4, -0.2) is 6.61 Å². The Hall–Kier alpha value is -1.34. The summed E-state index contributed by atoms with van der Waals surface area (Å²) in [4.78, 5) is 0. The molecule has 0 bridgehead atoms. The second-order valence-corrected chi connectivity index (χ2v) is 6.07. The Bertz CT molecular complexity index is 435. The molecule has 0 amide bonds. The summed E-state index contributed by atoms with van der Waals surface area (Å²) in [6.45, 7) is 7.28. The van der Waals surface area contributed by atoms with Crippen LogP contribution in [0.4, 0.5) is 0 Å². The maximum atomic E-state index is 5.59. The Kier molecular flexibility index (Phi) is 6.75. The molecule has 1 aromatic rings. The van der Waals surface area contributed by atoms with Gasteiger partial charge in [0.1, 0.15) is 0 Å². The number of rotatable bonds is 7. The SMILES string of the molecule is C=CCC1CCC(c2ccc(COCC=CC)cc2)CC1. The van der Waals surface area contributed by atoms with E-state index in [2.05, 4.69) is 36.9 Å². The van der Waals surface area contributed by atoms with Crippen molar-refractivity contribution in [2.24, 2.45) is 5.92 Å². The first-order valence-corrected chi connectivity index (χ1v) is 8.22. The van der Waals surface area contributed by atoms with Crippen LogP contribution in [0.5, 0.6) is 0 Å². The highest BCUT2D eigenvalue weighted by molar-refractivity contribution is 5.25. The number of hydrogen-bond acceptors (Lipinski definition) is 1.